The lowest BCUT2D eigenvalue weighted by Crippen LogP contribution is -2.29. The Morgan fingerprint density at radius 1 is 1.44 bits per heavy atom. The van der Waals surface area contributed by atoms with Crippen molar-refractivity contribution in [2.45, 2.75) is 37.8 Å². The van der Waals surface area contributed by atoms with Gasteiger partial charge < -0.3 is 5.32 Å². The number of Topliss-reactive ketones (excluding diaryl/α,β-unsaturated/α-hetero) is 1. The molecule has 1 N–H and O–H groups in total. The standard InChI is InChI=1S/C14H15BrFNO/c15-12-3-1-9(16)5-8(12)6-14(18)11-7-10-2-4-13(11)17-10/h1,3,5,10-11,13,17H,2,4,6-7H2. The second kappa shape index (κ2) is 4.74. The molecule has 2 aliphatic rings. The predicted molar refractivity (Wildman–Crippen MR) is 70.9 cm³/mol. The van der Waals surface area contributed by atoms with E-state index >= 15 is 0 Å². The average molecular weight is 312 g/mol. The van der Waals surface area contributed by atoms with Crippen LogP contribution in [-0.4, -0.2) is 17.9 Å². The van der Waals surface area contributed by atoms with Gasteiger partial charge in [-0.3, -0.25) is 4.79 Å². The van der Waals surface area contributed by atoms with Crippen LogP contribution in [0.1, 0.15) is 24.8 Å². The van der Waals surface area contributed by atoms with Crippen LogP contribution >= 0.6 is 15.9 Å². The largest absolute Gasteiger partial charge is 0.310 e. The highest BCUT2D eigenvalue weighted by Gasteiger charge is 2.42. The van der Waals surface area contributed by atoms with E-state index in [1.54, 1.807) is 6.07 Å². The molecule has 2 fully saturated rings. The van der Waals surface area contributed by atoms with Crippen molar-refractivity contribution in [1.29, 1.82) is 0 Å². The summed E-state index contributed by atoms with van der Waals surface area (Å²) in [6, 6.07) is 5.39. The minimum absolute atomic E-state index is 0.124. The molecule has 3 unspecified atom stereocenters. The number of rotatable bonds is 3. The van der Waals surface area contributed by atoms with E-state index in [0.717, 1.165) is 22.9 Å². The van der Waals surface area contributed by atoms with Crippen molar-refractivity contribution in [3.05, 3.63) is 34.1 Å². The third-order valence-corrected chi connectivity index (χ3v) is 4.86. The van der Waals surface area contributed by atoms with Crippen LogP contribution in [0.5, 0.6) is 0 Å². The van der Waals surface area contributed by atoms with Crippen LogP contribution in [0.3, 0.4) is 0 Å². The zero-order valence-corrected chi connectivity index (χ0v) is 11.5. The van der Waals surface area contributed by atoms with Crippen LogP contribution in [0.15, 0.2) is 22.7 Å². The molecule has 0 spiro atoms. The molecule has 0 aliphatic carbocycles. The Hall–Kier alpha value is -0.740. The molecular weight excluding hydrogens is 297 g/mol. The van der Waals surface area contributed by atoms with E-state index in [1.165, 1.54) is 18.6 Å². The lowest BCUT2D eigenvalue weighted by Gasteiger charge is -2.19. The predicted octanol–water partition coefficient (Wildman–Crippen LogP) is 2.84. The summed E-state index contributed by atoms with van der Waals surface area (Å²) in [5.74, 6) is 0.0759. The normalized spacial score (nSPS) is 29.8. The Kier molecular flexibility index (Phi) is 3.24. The lowest BCUT2D eigenvalue weighted by molar-refractivity contribution is -0.122. The topological polar surface area (TPSA) is 29.1 Å². The highest BCUT2D eigenvalue weighted by Crippen LogP contribution is 2.34. The second-order valence-corrected chi connectivity index (χ2v) is 6.12. The summed E-state index contributed by atoms with van der Waals surface area (Å²) in [5, 5.41) is 3.46. The van der Waals surface area contributed by atoms with Crippen LogP contribution in [0, 0.1) is 11.7 Å². The first kappa shape index (κ1) is 12.3. The number of nitrogens with one attached hydrogen (secondary N) is 1. The number of benzene rings is 1. The number of hydrogen-bond donors (Lipinski definition) is 1. The first-order valence-corrected chi connectivity index (χ1v) is 7.15. The molecule has 2 heterocycles. The van der Waals surface area contributed by atoms with Gasteiger partial charge >= 0.3 is 0 Å². The fourth-order valence-electron chi connectivity index (χ4n) is 3.18. The monoisotopic (exact) mass is 311 g/mol. The molecule has 96 valence electrons. The van der Waals surface area contributed by atoms with Crippen molar-refractivity contribution in [3.63, 3.8) is 0 Å². The smallest absolute Gasteiger partial charge is 0.141 e. The van der Waals surface area contributed by atoms with E-state index in [-0.39, 0.29) is 17.5 Å². The highest BCUT2D eigenvalue weighted by atomic mass is 79.9. The van der Waals surface area contributed by atoms with Crippen molar-refractivity contribution in [2.75, 3.05) is 0 Å². The number of halogens is 2. The van der Waals surface area contributed by atoms with Gasteiger partial charge in [-0.25, -0.2) is 4.39 Å². The van der Waals surface area contributed by atoms with E-state index in [0.29, 0.717) is 18.5 Å². The van der Waals surface area contributed by atoms with Gasteiger partial charge in [0.2, 0.25) is 0 Å². The molecule has 4 heteroatoms. The summed E-state index contributed by atoms with van der Waals surface area (Å²) in [6.45, 7) is 0. The maximum Gasteiger partial charge on any atom is 0.141 e. The van der Waals surface area contributed by atoms with Crippen molar-refractivity contribution in [3.8, 4) is 0 Å². The van der Waals surface area contributed by atoms with Crippen molar-refractivity contribution in [1.82, 2.24) is 5.32 Å². The molecule has 2 aliphatic heterocycles. The minimum atomic E-state index is -0.285. The van der Waals surface area contributed by atoms with Gasteiger partial charge in [-0.2, -0.15) is 0 Å². The summed E-state index contributed by atoms with van der Waals surface area (Å²) in [5.41, 5.74) is 0.753. The maximum absolute atomic E-state index is 13.2. The molecular formula is C14H15BrFNO. The van der Waals surface area contributed by atoms with Crippen molar-refractivity contribution in [2.24, 2.45) is 5.92 Å². The Morgan fingerprint density at radius 2 is 2.28 bits per heavy atom. The minimum Gasteiger partial charge on any atom is -0.310 e. The zero-order valence-electron chi connectivity index (χ0n) is 9.96. The second-order valence-electron chi connectivity index (χ2n) is 5.27. The van der Waals surface area contributed by atoms with Gasteiger partial charge in [-0.1, -0.05) is 15.9 Å². The summed E-state index contributed by atoms with van der Waals surface area (Å²) < 4.78 is 14.0. The van der Waals surface area contributed by atoms with Crippen LogP contribution in [0.4, 0.5) is 4.39 Å². The average Bonchev–Trinajstić information content (AvgIpc) is 2.96. The van der Waals surface area contributed by atoms with Gasteiger partial charge in [0, 0.05) is 28.9 Å². The molecule has 0 saturated carbocycles. The molecule has 0 radical (unpaired) electrons. The lowest BCUT2D eigenvalue weighted by atomic mass is 9.84. The van der Waals surface area contributed by atoms with E-state index in [4.69, 9.17) is 0 Å². The molecule has 3 rings (SSSR count). The number of carbonyl (C=O) groups is 1. The molecule has 18 heavy (non-hydrogen) atoms. The number of hydrogen-bond acceptors (Lipinski definition) is 2. The van der Waals surface area contributed by atoms with Crippen LogP contribution in [0.2, 0.25) is 0 Å². The fourth-order valence-corrected chi connectivity index (χ4v) is 3.56. The van der Waals surface area contributed by atoms with Crippen LogP contribution in [0.25, 0.3) is 0 Å². The number of fused-ring (bicyclic) bond motifs is 2. The molecule has 2 nitrogen and oxygen atoms in total. The number of ketones is 1. The zero-order chi connectivity index (χ0) is 12.7. The highest BCUT2D eigenvalue weighted by molar-refractivity contribution is 9.10. The van der Waals surface area contributed by atoms with E-state index in [9.17, 15) is 9.18 Å². The van der Waals surface area contributed by atoms with Crippen molar-refractivity contribution >= 4 is 21.7 Å². The molecule has 1 aromatic carbocycles. The Labute approximate surface area is 114 Å². The SMILES string of the molecule is O=C(Cc1cc(F)ccc1Br)C1CC2CCC1N2. The van der Waals surface area contributed by atoms with Crippen LogP contribution in [-0.2, 0) is 11.2 Å². The molecule has 0 aromatic heterocycles. The third-order valence-electron chi connectivity index (χ3n) is 4.09. The van der Waals surface area contributed by atoms with Gasteiger partial charge in [0.1, 0.15) is 11.6 Å². The molecule has 3 atom stereocenters. The summed E-state index contributed by atoms with van der Waals surface area (Å²) in [4.78, 5) is 12.3. The van der Waals surface area contributed by atoms with Gasteiger partial charge in [0.25, 0.3) is 0 Å². The summed E-state index contributed by atoms with van der Waals surface area (Å²) in [6.07, 6.45) is 3.58. The van der Waals surface area contributed by atoms with E-state index in [1.807, 2.05) is 0 Å². The van der Waals surface area contributed by atoms with Gasteiger partial charge in [0.15, 0.2) is 0 Å². The Balaban J connectivity index is 1.72. The Bertz CT molecular complexity index is 491. The third kappa shape index (κ3) is 2.24. The van der Waals surface area contributed by atoms with Crippen LogP contribution < -0.4 is 5.32 Å². The first-order chi connectivity index (χ1) is 8.63. The fraction of sp³-hybridized carbons (Fsp3) is 0.500. The molecule has 2 bridgehead atoms. The van der Waals surface area contributed by atoms with Gasteiger partial charge in [-0.05, 0) is 43.0 Å². The maximum atomic E-state index is 13.2. The van der Waals surface area contributed by atoms with E-state index in [2.05, 4.69) is 21.2 Å². The Morgan fingerprint density at radius 3 is 2.94 bits per heavy atom. The number of carbonyl (C=O) groups excluding carboxylic acids is 1. The summed E-state index contributed by atoms with van der Waals surface area (Å²) in [7, 11) is 0. The van der Waals surface area contributed by atoms with Crippen molar-refractivity contribution < 1.29 is 9.18 Å². The van der Waals surface area contributed by atoms with Gasteiger partial charge in [0.05, 0.1) is 0 Å². The summed E-state index contributed by atoms with van der Waals surface area (Å²) >= 11 is 3.37. The molecule has 0 amide bonds. The van der Waals surface area contributed by atoms with Gasteiger partial charge in [-0.15, -0.1) is 0 Å². The van der Waals surface area contributed by atoms with E-state index < -0.39 is 0 Å². The molecule has 1 aromatic rings. The molecule has 2 saturated heterocycles. The quantitative estimate of drug-likeness (QED) is 0.930. The first-order valence-electron chi connectivity index (χ1n) is 6.36.